The lowest BCUT2D eigenvalue weighted by Crippen LogP contribution is -2.16. The van der Waals surface area contributed by atoms with Crippen LogP contribution in [0.5, 0.6) is 5.75 Å². The predicted octanol–water partition coefficient (Wildman–Crippen LogP) is 0.530. The Kier molecular flexibility index (Phi) is 2.61. The second-order valence-electron chi connectivity index (χ2n) is 3.40. The minimum atomic E-state index is -0.739. The van der Waals surface area contributed by atoms with Crippen molar-refractivity contribution in [2.75, 3.05) is 5.73 Å². The van der Waals surface area contributed by atoms with Crippen LogP contribution in [0.4, 0.5) is 5.82 Å². The minimum absolute atomic E-state index is 0.0126. The molecule has 0 saturated heterocycles. The summed E-state index contributed by atoms with van der Waals surface area (Å²) in [4.78, 5) is 18.9. The smallest absolute Gasteiger partial charge is 0.271 e. The molecule has 2 rings (SSSR count). The molecule has 0 unspecified atom stereocenters. The number of nitrogens with two attached hydrogens (primary N) is 2. The Morgan fingerprint density at radius 1 is 1.35 bits per heavy atom. The fraction of sp³-hybridized carbons (Fsp3) is 0. The zero-order valence-corrected chi connectivity index (χ0v) is 8.79. The summed E-state index contributed by atoms with van der Waals surface area (Å²) in [5, 5.41) is 9.34. The third-order valence-electron chi connectivity index (χ3n) is 2.18. The Labute approximate surface area is 96.9 Å². The van der Waals surface area contributed by atoms with Gasteiger partial charge in [-0.15, -0.1) is 0 Å². The van der Waals surface area contributed by atoms with Crippen LogP contribution < -0.4 is 11.5 Å². The van der Waals surface area contributed by atoms with Crippen LogP contribution in [0.15, 0.2) is 30.5 Å². The van der Waals surface area contributed by atoms with Crippen molar-refractivity contribution >= 4 is 11.7 Å². The number of aromatic nitrogens is 2. The molecule has 0 aliphatic carbocycles. The quantitative estimate of drug-likeness (QED) is 0.696. The molecule has 1 aromatic carbocycles. The first kappa shape index (κ1) is 10.9. The zero-order chi connectivity index (χ0) is 12.4. The largest absolute Gasteiger partial charge is 0.508 e. The van der Waals surface area contributed by atoms with Crippen molar-refractivity contribution in [2.45, 2.75) is 0 Å². The van der Waals surface area contributed by atoms with Gasteiger partial charge in [0.05, 0.1) is 11.9 Å². The molecule has 0 atom stereocenters. The van der Waals surface area contributed by atoms with E-state index in [0.29, 0.717) is 11.3 Å². The van der Waals surface area contributed by atoms with Gasteiger partial charge in [0.25, 0.3) is 5.91 Å². The zero-order valence-electron chi connectivity index (χ0n) is 8.79. The van der Waals surface area contributed by atoms with Crippen LogP contribution in [0.2, 0.25) is 0 Å². The van der Waals surface area contributed by atoms with E-state index >= 15 is 0 Å². The summed E-state index contributed by atoms with van der Waals surface area (Å²) in [6, 6.07) is 6.42. The maximum Gasteiger partial charge on any atom is 0.271 e. The number of primary amides is 1. The molecule has 2 aromatic rings. The summed E-state index contributed by atoms with van der Waals surface area (Å²) in [6.07, 6.45) is 1.41. The number of carbonyl (C=O) groups excluding carboxylic acids is 1. The van der Waals surface area contributed by atoms with Crippen LogP contribution in [0, 0.1) is 0 Å². The number of phenols is 1. The highest BCUT2D eigenvalue weighted by molar-refractivity contribution is 5.95. The number of anilines is 1. The average molecular weight is 230 g/mol. The van der Waals surface area contributed by atoms with Gasteiger partial charge in [-0.2, -0.15) is 0 Å². The Morgan fingerprint density at radius 2 is 2.12 bits per heavy atom. The normalized spacial score (nSPS) is 10.1. The number of nitrogens with zero attached hydrogens (tertiary/aromatic N) is 2. The van der Waals surface area contributed by atoms with Gasteiger partial charge in [0.1, 0.15) is 5.75 Å². The summed E-state index contributed by atoms with van der Waals surface area (Å²) >= 11 is 0. The van der Waals surface area contributed by atoms with E-state index in [2.05, 4.69) is 9.97 Å². The van der Waals surface area contributed by atoms with Crippen LogP contribution in [0.25, 0.3) is 11.3 Å². The third kappa shape index (κ3) is 2.15. The van der Waals surface area contributed by atoms with E-state index in [0.717, 1.165) is 0 Å². The lowest BCUT2D eigenvalue weighted by molar-refractivity contribution is 0.0996. The summed E-state index contributed by atoms with van der Waals surface area (Å²) in [7, 11) is 0. The molecule has 0 aliphatic rings. The van der Waals surface area contributed by atoms with Crippen molar-refractivity contribution in [3.05, 3.63) is 36.2 Å². The lowest BCUT2D eigenvalue weighted by Gasteiger charge is -2.04. The first-order valence-electron chi connectivity index (χ1n) is 4.79. The third-order valence-corrected chi connectivity index (χ3v) is 2.18. The topological polar surface area (TPSA) is 115 Å². The first-order valence-corrected chi connectivity index (χ1v) is 4.79. The van der Waals surface area contributed by atoms with Crippen LogP contribution >= 0.6 is 0 Å². The average Bonchev–Trinajstić information content (AvgIpc) is 2.29. The molecule has 0 radical (unpaired) electrons. The monoisotopic (exact) mass is 230 g/mol. The van der Waals surface area contributed by atoms with E-state index in [1.807, 2.05) is 0 Å². The van der Waals surface area contributed by atoms with Crippen LogP contribution in [-0.4, -0.2) is 21.0 Å². The molecular formula is C11H10N4O2. The number of amides is 1. The number of rotatable bonds is 2. The summed E-state index contributed by atoms with van der Waals surface area (Å²) < 4.78 is 0. The molecule has 1 amide bonds. The highest BCUT2D eigenvalue weighted by Crippen LogP contribution is 2.21. The van der Waals surface area contributed by atoms with E-state index in [9.17, 15) is 9.90 Å². The van der Waals surface area contributed by atoms with Crippen molar-refractivity contribution in [1.82, 2.24) is 9.97 Å². The van der Waals surface area contributed by atoms with Gasteiger partial charge >= 0.3 is 0 Å². The van der Waals surface area contributed by atoms with Crippen molar-refractivity contribution in [3.63, 3.8) is 0 Å². The van der Waals surface area contributed by atoms with Gasteiger partial charge in [0, 0.05) is 5.56 Å². The molecule has 0 bridgehead atoms. The standard InChI is InChI=1S/C11H10N4O2/c12-10-9(11(13)17)15-8(5-14-10)6-2-1-3-7(16)4-6/h1-5,16H,(H2,12,14)(H2,13,17). The van der Waals surface area contributed by atoms with Crippen LogP contribution in [0.1, 0.15) is 10.5 Å². The predicted molar refractivity (Wildman–Crippen MR) is 62.1 cm³/mol. The molecule has 0 spiro atoms. The molecule has 6 heteroatoms. The van der Waals surface area contributed by atoms with E-state index in [4.69, 9.17) is 11.5 Å². The highest BCUT2D eigenvalue weighted by atomic mass is 16.3. The number of phenolic OH excluding ortho intramolecular Hbond substituents is 1. The van der Waals surface area contributed by atoms with Crippen molar-refractivity contribution in [1.29, 1.82) is 0 Å². The molecule has 5 N–H and O–H groups in total. The number of nitrogen functional groups attached to an aromatic ring is 1. The summed E-state index contributed by atoms with van der Waals surface area (Å²) in [6.45, 7) is 0. The van der Waals surface area contributed by atoms with Gasteiger partial charge < -0.3 is 16.6 Å². The second kappa shape index (κ2) is 4.09. The summed E-state index contributed by atoms with van der Waals surface area (Å²) in [5.41, 5.74) is 11.6. The van der Waals surface area contributed by atoms with Crippen LogP contribution in [0.3, 0.4) is 0 Å². The van der Waals surface area contributed by atoms with Gasteiger partial charge in [-0.05, 0) is 12.1 Å². The number of aromatic hydroxyl groups is 1. The molecule has 0 fully saturated rings. The SMILES string of the molecule is NC(=O)c1nc(-c2cccc(O)c2)cnc1N. The minimum Gasteiger partial charge on any atom is -0.508 e. The number of hydrogen-bond donors (Lipinski definition) is 3. The molecule has 1 heterocycles. The van der Waals surface area contributed by atoms with Gasteiger partial charge in [0.15, 0.2) is 11.5 Å². The molecule has 86 valence electrons. The number of hydrogen-bond acceptors (Lipinski definition) is 5. The van der Waals surface area contributed by atoms with Gasteiger partial charge in [0.2, 0.25) is 0 Å². The number of carbonyl (C=O) groups is 1. The molecule has 0 aliphatic heterocycles. The molecule has 17 heavy (non-hydrogen) atoms. The van der Waals surface area contributed by atoms with Gasteiger partial charge in [-0.25, -0.2) is 9.97 Å². The fourth-order valence-electron chi connectivity index (χ4n) is 1.38. The van der Waals surface area contributed by atoms with Crippen LogP contribution in [-0.2, 0) is 0 Å². The number of benzene rings is 1. The first-order chi connectivity index (χ1) is 8.08. The van der Waals surface area contributed by atoms with Crippen molar-refractivity contribution in [2.24, 2.45) is 5.73 Å². The molecular weight excluding hydrogens is 220 g/mol. The van der Waals surface area contributed by atoms with E-state index in [-0.39, 0.29) is 17.3 Å². The molecule has 6 nitrogen and oxygen atoms in total. The van der Waals surface area contributed by atoms with Gasteiger partial charge in [-0.1, -0.05) is 12.1 Å². The van der Waals surface area contributed by atoms with Crippen molar-refractivity contribution < 1.29 is 9.90 Å². The van der Waals surface area contributed by atoms with Crippen molar-refractivity contribution in [3.8, 4) is 17.0 Å². The van der Waals surface area contributed by atoms with E-state index in [1.54, 1.807) is 12.1 Å². The Morgan fingerprint density at radius 3 is 2.76 bits per heavy atom. The van der Waals surface area contributed by atoms with E-state index < -0.39 is 5.91 Å². The highest BCUT2D eigenvalue weighted by Gasteiger charge is 2.11. The molecule has 0 saturated carbocycles. The lowest BCUT2D eigenvalue weighted by atomic mass is 10.1. The molecule has 1 aromatic heterocycles. The maximum absolute atomic E-state index is 11.1. The van der Waals surface area contributed by atoms with E-state index in [1.165, 1.54) is 18.3 Å². The Balaban J connectivity index is 2.54. The maximum atomic E-state index is 11.1. The second-order valence-corrected chi connectivity index (χ2v) is 3.40. The Bertz CT molecular complexity index is 583. The fourth-order valence-corrected chi connectivity index (χ4v) is 1.38. The Hall–Kier alpha value is -2.63. The summed E-state index contributed by atoms with van der Waals surface area (Å²) in [5.74, 6) is -0.653. The van der Waals surface area contributed by atoms with Gasteiger partial charge in [-0.3, -0.25) is 4.79 Å².